The summed E-state index contributed by atoms with van der Waals surface area (Å²) in [6, 6.07) is 1.90. The van der Waals surface area contributed by atoms with Crippen molar-refractivity contribution in [3.63, 3.8) is 0 Å². The Morgan fingerprint density at radius 2 is 2.14 bits per heavy atom. The molecule has 8 heteroatoms. The molecule has 1 aromatic heterocycles. The van der Waals surface area contributed by atoms with E-state index in [1.165, 1.54) is 6.26 Å². The normalized spacial score (nSPS) is 18.4. The maximum atomic E-state index is 11.5. The van der Waals surface area contributed by atoms with Crippen LogP contribution in [0, 0.1) is 5.92 Å². The van der Waals surface area contributed by atoms with Crippen LogP contribution in [0.5, 0.6) is 0 Å². The zero-order valence-electron chi connectivity index (χ0n) is 13.1. The highest BCUT2D eigenvalue weighted by atomic mass is 32.2. The number of furan rings is 1. The molecule has 0 atom stereocenters. The van der Waals surface area contributed by atoms with E-state index < -0.39 is 10.0 Å². The highest BCUT2D eigenvalue weighted by Crippen LogP contribution is 2.18. The number of nitrogens with one attached hydrogen (secondary N) is 2. The van der Waals surface area contributed by atoms with Gasteiger partial charge in [0.1, 0.15) is 0 Å². The molecule has 0 radical (unpaired) electrons. The van der Waals surface area contributed by atoms with Gasteiger partial charge in [-0.3, -0.25) is 4.99 Å². The van der Waals surface area contributed by atoms with Crippen LogP contribution in [-0.4, -0.2) is 51.6 Å². The summed E-state index contributed by atoms with van der Waals surface area (Å²) in [6.45, 7) is 2.66. The van der Waals surface area contributed by atoms with Crippen molar-refractivity contribution in [2.75, 3.05) is 32.9 Å². The van der Waals surface area contributed by atoms with Crippen LogP contribution in [0.1, 0.15) is 18.4 Å². The molecule has 1 aromatic rings. The number of hydrogen-bond acceptors (Lipinski definition) is 4. The first-order chi connectivity index (χ1) is 10.5. The van der Waals surface area contributed by atoms with Crippen LogP contribution in [0.2, 0.25) is 0 Å². The molecule has 0 saturated carbocycles. The minimum Gasteiger partial charge on any atom is -0.472 e. The van der Waals surface area contributed by atoms with Gasteiger partial charge in [0.05, 0.1) is 18.8 Å². The second kappa shape index (κ2) is 7.64. The fraction of sp³-hybridized carbons (Fsp3) is 0.643. The van der Waals surface area contributed by atoms with E-state index in [4.69, 9.17) is 4.42 Å². The first-order valence-electron chi connectivity index (χ1n) is 7.39. The van der Waals surface area contributed by atoms with E-state index >= 15 is 0 Å². The monoisotopic (exact) mass is 328 g/mol. The molecule has 1 saturated heterocycles. The van der Waals surface area contributed by atoms with Crippen molar-refractivity contribution in [3.8, 4) is 0 Å². The Hall–Kier alpha value is -1.54. The molecule has 0 aromatic carbocycles. The minimum absolute atomic E-state index is 0.463. The zero-order chi connectivity index (χ0) is 16.0. The number of hydrogen-bond donors (Lipinski definition) is 2. The summed E-state index contributed by atoms with van der Waals surface area (Å²) in [5, 5.41) is 6.51. The van der Waals surface area contributed by atoms with Gasteiger partial charge in [-0.05, 0) is 24.8 Å². The minimum atomic E-state index is -3.05. The number of rotatable bonds is 5. The predicted molar refractivity (Wildman–Crippen MR) is 86.1 cm³/mol. The molecular weight excluding hydrogens is 304 g/mol. The lowest BCUT2D eigenvalue weighted by Crippen LogP contribution is -2.43. The molecule has 0 amide bonds. The van der Waals surface area contributed by atoms with Gasteiger partial charge in [-0.1, -0.05) is 0 Å². The van der Waals surface area contributed by atoms with E-state index in [-0.39, 0.29) is 0 Å². The van der Waals surface area contributed by atoms with Crippen molar-refractivity contribution < 1.29 is 12.8 Å². The van der Waals surface area contributed by atoms with Gasteiger partial charge in [0.25, 0.3) is 0 Å². The molecule has 1 aliphatic heterocycles. The number of aliphatic imine (C=N–C) groups is 1. The Labute approximate surface area is 131 Å². The van der Waals surface area contributed by atoms with Crippen LogP contribution in [0.25, 0.3) is 0 Å². The van der Waals surface area contributed by atoms with Gasteiger partial charge in [0.15, 0.2) is 5.96 Å². The quantitative estimate of drug-likeness (QED) is 0.611. The Kier molecular flexibility index (Phi) is 5.84. The molecule has 2 heterocycles. The van der Waals surface area contributed by atoms with Crippen molar-refractivity contribution >= 4 is 16.0 Å². The van der Waals surface area contributed by atoms with Crippen molar-refractivity contribution in [1.29, 1.82) is 0 Å². The molecular formula is C14H24N4O3S. The Morgan fingerprint density at radius 1 is 1.41 bits per heavy atom. The van der Waals surface area contributed by atoms with Crippen LogP contribution >= 0.6 is 0 Å². The highest BCUT2D eigenvalue weighted by molar-refractivity contribution is 7.88. The molecule has 1 aliphatic rings. The Bertz CT molecular complexity index is 575. The maximum Gasteiger partial charge on any atom is 0.211 e. The van der Waals surface area contributed by atoms with Gasteiger partial charge in [-0.2, -0.15) is 0 Å². The van der Waals surface area contributed by atoms with Crippen LogP contribution < -0.4 is 10.6 Å². The largest absolute Gasteiger partial charge is 0.472 e. The zero-order valence-corrected chi connectivity index (χ0v) is 13.9. The predicted octanol–water partition coefficient (Wildman–Crippen LogP) is 0.616. The molecule has 22 heavy (non-hydrogen) atoms. The average Bonchev–Trinajstić information content (AvgIpc) is 3.00. The standard InChI is InChI=1S/C14H24N4O3S/c1-15-14(17-10-13-5-8-21-11-13)16-9-12-3-6-18(7-4-12)22(2,19)20/h5,8,11-12H,3-4,6-7,9-10H2,1-2H3,(H2,15,16,17). The van der Waals surface area contributed by atoms with E-state index in [2.05, 4.69) is 15.6 Å². The van der Waals surface area contributed by atoms with Crippen LogP contribution in [0.15, 0.2) is 28.0 Å². The van der Waals surface area contributed by atoms with E-state index in [1.54, 1.807) is 23.9 Å². The van der Waals surface area contributed by atoms with Gasteiger partial charge in [-0.15, -0.1) is 0 Å². The third-order valence-electron chi connectivity index (χ3n) is 3.86. The SMILES string of the molecule is CN=C(NCc1ccoc1)NCC1CCN(S(C)(=O)=O)CC1. The number of nitrogens with zero attached hydrogens (tertiary/aromatic N) is 2. The molecule has 0 unspecified atom stereocenters. The van der Waals surface area contributed by atoms with Crippen molar-refractivity contribution in [3.05, 3.63) is 24.2 Å². The lowest BCUT2D eigenvalue weighted by atomic mass is 9.98. The number of piperidine rings is 1. The Morgan fingerprint density at radius 3 is 2.68 bits per heavy atom. The summed E-state index contributed by atoms with van der Waals surface area (Å²) in [5.41, 5.74) is 1.06. The molecule has 0 aliphatic carbocycles. The van der Waals surface area contributed by atoms with E-state index in [9.17, 15) is 8.42 Å². The van der Waals surface area contributed by atoms with E-state index in [0.29, 0.717) is 25.6 Å². The second-order valence-electron chi connectivity index (χ2n) is 5.54. The molecule has 7 nitrogen and oxygen atoms in total. The Balaban J connectivity index is 1.71. The van der Waals surface area contributed by atoms with Gasteiger partial charge >= 0.3 is 0 Å². The maximum absolute atomic E-state index is 11.5. The van der Waals surface area contributed by atoms with Gasteiger partial charge in [-0.25, -0.2) is 12.7 Å². The molecule has 2 rings (SSSR count). The summed E-state index contributed by atoms with van der Waals surface area (Å²) in [7, 11) is -1.32. The molecule has 124 valence electrons. The summed E-state index contributed by atoms with van der Waals surface area (Å²) >= 11 is 0. The number of sulfonamides is 1. The summed E-state index contributed by atoms with van der Waals surface area (Å²) in [5.74, 6) is 1.21. The third-order valence-corrected chi connectivity index (χ3v) is 5.17. The summed E-state index contributed by atoms with van der Waals surface area (Å²) in [6.07, 6.45) is 6.36. The average molecular weight is 328 g/mol. The smallest absolute Gasteiger partial charge is 0.211 e. The van der Waals surface area contributed by atoms with Crippen LogP contribution in [-0.2, 0) is 16.6 Å². The van der Waals surface area contributed by atoms with Crippen LogP contribution in [0.4, 0.5) is 0 Å². The lowest BCUT2D eigenvalue weighted by Gasteiger charge is -2.30. The number of guanidine groups is 1. The van der Waals surface area contributed by atoms with Gasteiger partial charge < -0.3 is 15.1 Å². The van der Waals surface area contributed by atoms with E-state index in [0.717, 1.165) is 30.9 Å². The first kappa shape index (κ1) is 16.8. The van der Waals surface area contributed by atoms with Gasteiger partial charge in [0.2, 0.25) is 10.0 Å². The second-order valence-corrected chi connectivity index (χ2v) is 7.53. The third kappa shape index (κ3) is 5.03. The summed E-state index contributed by atoms with van der Waals surface area (Å²) in [4.78, 5) is 4.18. The van der Waals surface area contributed by atoms with Gasteiger partial charge in [0, 0.05) is 38.8 Å². The van der Waals surface area contributed by atoms with E-state index in [1.807, 2.05) is 6.07 Å². The molecule has 0 spiro atoms. The summed E-state index contributed by atoms with van der Waals surface area (Å²) < 4.78 is 29.5. The fourth-order valence-electron chi connectivity index (χ4n) is 2.49. The van der Waals surface area contributed by atoms with Crippen LogP contribution in [0.3, 0.4) is 0 Å². The highest BCUT2D eigenvalue weighted by Gasteiger charge is 2.24. The lowest BCUT2D eigenvalue weighted by molar-refractivity contribution is 0.275. The van der Waals surface area contributed by atoms with Crippen molar-refractivity contribution in [2.24, 2.45) is 10.9 Å². The van der Waals surface area contributed by atoms with Crippen molar-refractivity contribution in [2.45, 2.75) is 19.4 Å². The fourth-order valence-corrected chi connectivity index (χ4v) is 3.36. The topological polar surface area (TPSA) is 86.9 Å². The van der Waals surface area contributed by atoms with Crippen molar-refractivity contribution in [1.82, 2.24) is 14.9 Å². The first-order valence-corrected chi connectivity index (χ1v) is 9.24. The molecule has 0 bridgehead atoms. The molecule has 1 fully saturated rings. The molecule has 2 N–H and O–H groups in total.